The SMILES string of the molecule is O=C1C[C@H]2CC[C@@H](CN1)N2C(=O)[C@@H]1CC[C@H]1C(=O)O. The summed E-state index contributed by atoms with van der Waals surface area (Å²) in [5.74, 6) is -1.84. The highest BCUT2D eigenvalue weighted by atomic mass is 16.4. The number of carboxylic acids is 1. The number of carbonyl (C=O) groups excluding carboxylic acids is 2. The maximum Gasteiger partial charge on any atom is 0.307 e. The lowest BCUT2D eigenvalue weighted by molar-refractivity contribution is -0.158. The van der Waals surface area contributed by atoms with Gasteiger partial charge in [-0.1, -0.05) is 0 Å². The highest BCUT2D eigenvalue weighted by molar-refractivity contribution is 5.88. The average Bonchev–Trinajstić information content (AvgIpc) is 2.57. The van der Waals surface area contributed by atoms with Crippen LogP contribution in [0.1, 0.15) is 32.1 Å². The van der Waals surface area contributed by atoms with Crippen molar-refractivity contribution in [2.75, 3.05) is 6.54 Å². The lowest BCUT2D eigenvalue weighted by Gasteiger charge is -2.38. The molecule has 2 aliphatic heterocycles. The molecule has 2 bridgehead atoms. The van der Waals surface area contributed by atoms with Crippen LogP contribution in [0, 0.1) is 11.8 Å². The zero-order chi connectivity index (χ0) is 13.6. The molecule has 0 spiro atoms. The molecule has 0 aromatic heterocycles. The van der Waals surface area contributed by atoms with Crippen LogP contribution in [0.25, 0.3) is 0 Å². The van der Waals surface area contributed by atoms with Crippen molar-refractivity contribution in [3.63, 3.8) is 0 Å². The number of nitrogens with one attached hydrogen (secondary N) is 1. The van der Waals surface area contributed by atoms with E-state index in [1.54, 1.807) is 4.90 Å². The van der Waals surface area contributed by atoms with E-state index in [0.717, 1.165) is 12.8 Å². The van der Waals surface area contributed by atoms with Crippen LogP contribution in [0.3, 0.4) is 0 Å². The van der Waals surface area contributed by atoms with Crippen molar-refractivity contribution in [1.29, 1.82) is 0 Å². The van der Waals surface area contributed by atoms with Crippen LogP contribution in [0.5, 0.6) is 0 Å². The molecule has 3 aliphatic rings. The number of rotatable bonds is 2. The normalized spacial score (nSPS) is 37.3. The zero-order valence-corrected chi connectivity index (χ0v) is 10.7. The van der Waals surface area contributed by atoms with E-state index < -0.39 is 11.9 Å². The third-order valence-electron chi connectivity index (χ3n) is 4.74. The number of fused-ring (bicyclic) bond motifs is 2. The molecule has 2 saturated heterocycles. The number of hydrogen-bond donors (Lipinski definition) is 2. The van der Waals surface area contributed by atoms with Crippen molar-refractivity contribution < 1.29 is 19.5 Å². The minimum absolute atomic E-state index is 0.00612. The fourth-order valence-electron chi connectivity index (χ4n) is 3.52. The zero-order valence-electron chi connectivity index (χ0n) is 10.7. The van der Waals surface area contributed by atoms with Gasteiger partial charge in [0.2, 0.25) is 11.8 Å². The predicted octanol–water partition coefficient (Wildman–Crippen LogP) is -0.0233. The molecule has 2 heterocycles. The third kappa shape index (κ3) is 1.99. The van der Waals surface area contributed by atoms with E-state index in [1.807, 2.05) is 0 Å². The largest absolute Gasteiger partial charge is 0.481 e. The first-order chi connectivity index (χ1) is 9.08. The molecule has 104 valence electrons. The van der Waals surface area contributed by atoms with Gasteiger partial charge in [0.1, 0.15) is 0 Å². The molecule has 2 N–H and O–H groups in total. The highest BCUT2D eigenvalue weighted by Crippen LogP contribution is 2.39. The van der Waals surface area contributed by atoms with Crippen LogP contribution in [0.2, 0.25) is 0 Å². The Morgan fingerprint density at radius 3 is 2.42 bits per heavy atom. The Balaban J connectivity index is 1.76. The van der Waals surface area contributed by atoms with Gasteiger partial charge in [-0.05, 0) is 25.7 Å². The van der Waals surface area contributed by atoms with E-state index in [0.29, 0.717) is 25.8 Å². The van der Waals surface area contributed by atoms with Crippen LogP contribution in [0.15, 0.2) is 0 Å². The topological polar surface area (TPSA) is 86.7 Å². The summed E-state index contributed by atoms with van der Waals surface area (Å²) < 4.78 is 0. The van der Waals surface area contributed by atoms with Gasteiger partial charge in [-0.15, -0.1) is 0 Å². The minimum atomic E-state index is -0.874. The molecular formula is C13H18N2O4. The van der Waals surface area contributed by atoms with Crippen LogP contribution in [-0.2, 0) is 14.4 Å². The molecule has 6 nitrogen and oxygen atoms in total. The smallest absolute Gasteiger partial charge is 0.307 e. The summed E-state index contributed by atoms with van der Waals surface area (Å²) in [6.07, 6.45) is 3.36. The highest BCUT2D eigenvalue weighted by Gasteiger charge is 2.48. The molecular weight excluding hydrogens is 248 g/mol. The van der Waals surface area contributed by atoms with E-state index >= 15 is 0 Å². The summed E-state index contributed by atoms with van der Waals surface area (Å²) in [5.41, 5.74) is 0. The van der Waals surface area contributed by atoms with Gasteiger partial charge in [0.05, 0.1) is 11.8 Å². The van der Waals surface area contributed by atoms with Crippen molar-refractivity contribution in [2.45, 2.75) is 44.2 Å². The average molecular weight is 266 g/mol. The molecule has 0 aromatic rings. The Kier molecular flexibility index (Phi) is 2.95. The first kappa shape index (κ1) is 12.4. The second-order valence-electron chi connectivity index (χ2n) is 5.77. The first-order valence-electron chi connectivity index (χ1n) is 6.89. The van der Waals surface area contributed by atoms with Crippen molar-refractivity contribution >= 4 is 17.8 Å². The van der Waals surface area contributed by atoms with E-state index in [9.17, 15) is 14.4 Å². The fourth-order valence-corrected chi connectivity index (χ4v) is 3.52. The lowest BCUT2D eigenvalue weighted by atomic mass is 9.72. The van der Waals surface area contributed by atoms with Crippen LogP contribution >= 0.6 is 0 Å². The Morgan fingerprint density at radius 1 is 1.11 bits per heavy atom. The van der Waals surface area contributed by atoms with E-state index in [4.69, 9.17) is 5.11 Å². The Bertz CT molecular complexity index is 436. The molecule has 0 unspecified atom stereocenters. The Labute approximate surface area is 111 Å². The van der Waals surface area contributed by atoms with E-state index in [2.05, 4.69) is 5.32 Å². The number of nitrogens with zero attached hydrogens (tertiary/aromatic N) is 1. The summed E-state index contributed by atoms with van der Waals surface area (Å²) in [7, 11) is 0. The maximum atomic E-state index is 12.5. The lowest BCUT2D eigenvalue weighted by Crippen LogP contribution is -2.51. The Hall–Kier alpha value is -1.59. The monoisotopic (exact) mass is 266 g/mol. The summed E-state index contributed by atoms with van der Waals surface area (Å²) in [4.78, 5) is 36.9. The second kappa shape index (κ2) is 4.51. The van der Waals surface area contributed by atoms with Gasteiger partial charge in [0.15, 0.2) is 0 Å². The van der Waals surface area contributed by atoms with Gasteiger partial charge in [-0.2, -0.15) is 0 Å². The van der Waals surface area contributed by atoms with Crippen LogP contribution in [-0.4, -0.2) is 46.4 Å². The second-order valence-corrected chi connectivity index (χ2v) is 5.77. The summed E-state index contributed by atoms with van der Waals surface area (Å²) in [6, 6.07) is 0.0223. The molecule has 4 atom stereocenters. The molecule has 3 rings (SSSR count). The third-order valence-corrected chi connectivity index (χ3v) is 4.74. The molecule has 6 heteroatoms. The van der Waals surface area contributed by atoms with E-state index in [-0.39, 0.29) is 29.8 Å². The van der Waals surface area contributed by atoms with Crippen LogP contribution < -0.4 is 5.32 Å². The van der Waals surface area contributed by atoms with Gasteiger partial charge >= 0.3 is 5.97 Å². The maximum absolute atomic E-state index is 12.5. The number of aliphatic carboxylic acids is 1. The van der Waals surface area contributed by atoms with Gasteiger partial charge in [0, 0.05) is 25.0 Å². The number of hydrogen-bond acceptors (Lipinski definition) is 3. The number of carboxylic acid groups (broad SMARTS) is 1. The van der Waals surface area contributed by atoms with Gasteiger partial charge in [-0.3, -0.25) is 14.4 Å². The Morgan fingerprint density at radius 2 is 1.79 bits per heavy atom. The number of amides is 2. The molecule has 3 fully saturated rings. The standard InChI is InChI=1S/C13H18N2O4/c16-11-5-7-1-2-8(6-14-11)15(7)12(17)9-3-4-10(9)13(18)19/h7-10H,1-6H2,(H,14,16)(H,18,19)/t7-,8+,9-,10-/m1/s1. The van der Waals surface area contributed by atoms with Gasteiger partial charge in [-0.25, -0.2) is 0 Å². The molecule has 0 radical (unpaired) electrons. The van der Waals surface area contributed by atoms with Crippen molar-refractivity contribution in [1.82, 2.24) is 10.2 Å². The van der Waals surface area contributed by atoms with Crippen molar-refractivity contribution in [2.24, 2.45) is 11.8 Å². The molecule has 0 aromatic carbocycles. The molecule has 1 aliphatic carbocycles. The van der Waals surface area contributed by atoms with Gasteiger partial charge < -0.3 is 15.3 Å². The predicted molar refractivity (Wildman–Crippen MR) is 65.1 cm³/mol. The fraction of sp³-hybridized carbons (Fsp3) is 0.769. The summed E-state index contributed by atoms with van der Waals surface area (Å²) in [5, 5.41) is 11.9. The molecule has 19 heavy (non-hydrogen) atoms. The van der Waals surface area contributed by atoms with Crippen LogP contribution in [0.4, 0.5) is 0 Å². The summed E-state index contributed by atoms with van der Waals surface area (Å²) >= 11 is 0. The van der Waals surface area contributed by atoms with Gasteiger partial charge in [0.25, 0.3) is 0 Å². The van der Waals surface area contributed by atoms with Crippen molar-refractivity contribution in [3.8, 4) is 0 Å². The number of carbonyl (C=O) groups is 3. The quantitative estimate of drug-likeness (QED) is 0.735. The molecule has 2 amide bonds. The van der Waals surface area contributed by atoms with E-state index in [1.165, 1.54) is 0 Å². The summed E-state index contributed by atoms with van der Waals surface area (Å²) in [6.45, 7) is 0.505. The van der Waals surface area contributed by atoms with Crippen molar-refractivity contribution in [3.05, 3.63) is 0 Å². The first-order valence-corrected chi connectivity index (χ1v) is 6.89. The molecule has 1 saturated carbocycles. The minimum Gasteiger partial charge on any atom is -0.481 e.